The Kier molecular flexibility index (Phi) is 4.77. The Labute approximate surface area is 124 Å². The molecule has 1 heterocycles. The summed E-state index contributed by atoms with van der Waals surface area (Å²) in [5, 5.41) is 5.98. The molecule has 1 amide bonds. The summed E-state index contributed by atoms with van der Waals surface area (Å²) in [4.78, 5) is 15.9. The molecule has 5 nitrogen and oxygen atoms in total. The molecule has 0 aliphatic rings. The number of nitrogens with zero attached hydrogens (tertiary/aromatic N) is 1. The number of hydrogen-bond donors (Lipinski definition) is 2. The lowest BCUT2D eigenvalue weighted by molar-refractivity contribution is -0.118. The standard InChI is InChI=1S/C16H19N3O2/c1-11(2)16(20)19-13-7-8-15(17-10-13)18-12-5-4-6-14(9-12)21-3/h4-11H,1-3H3,(H,17,18)(H,19,20). The highest BCUT2D eigenvalue weighted by Gasteiger charge is 2.07. The van der Waals surface area contributed by atoms with Crippen LogP contribution >= 0.6 is 0 Å². The zero-order chi connectivity index (χ0) is 15.2. The SMILES string of the molecule is COc1cccc(Nc2ccc(NC(=O)C(C)C)cn2)c1. The summed E-state index contributed by atoms with van der Waals surface area (Å²) in [5.74, 6) is 1.40. The second-order valence-electron chi connectivity index (χ2n) is 4.93. The maximum Gasteiger partial charge on any atom is 0.226 e. The largest absolute Gasteiger partial charge is 0.497 e. The average molecular weight is 285 g/mol. The van der Waals surface area contributed by atoms with E-state index in [9.17, 15) is 4.79 Å². The van der Waals surface area contributed by atoms with Gasteiger partial charge in [-0.25, -0.2) is 4.98 Å². The summed E-state index contributed by atoms with van der Waals surface area (Å²) in [5.41, 5.74) is 1.57. The first-order valence-corrected chi connectivity index (χ1v) is 6.76. The number of carbonyl (C=O) groups is 1. The van der Waals surface area contributed by atoms with Crippen LogP contribution in [0.3, 0.4) is 0 Å². The van der Waals surface area contributed by atoms with E-state index in [-0.39, 0.29) is 11.8 Å². The second-order valence-corrected chi connectivity index (χ2v) is 4.93. The summed E-state index contributed by atoms with van der Waals surface area (Å²) in [6.07, 6.45) is 1.63. The monoisotopic (exact) mass is 285 g/mol. The molecule has 0 radical (unpaired) electrons. The van der Waals surface area contributed by atoms with Gasteiger partial charge in [0.2, 0.25) is 5.91 Å². The number of benzene rings is 1. The number of ether oxygens (including phenoxy) is 1. The minimum absolute atomic E-state index is 0.0229. The Bertz CT molecular complexity index is 609. The van der Waals surface area contributed by atoms with Gasteiger partial charge >= 0.3 is 0 Å². The lowest BCUT2D eigenvalue weighted by Crippen LogP contribution is -2.17. The van der Waals surface area contributed by atoms with Crippen molar-refractivity contribution in [2.75, 3.05) is 17.7 Å². The highest BCUT2D eigenvalue weighted by atomic mass is 16.5. The molecular formula is C16H19N3O2. The zero-order valence-corrected chi connectivity index (χ0v) is 12.4. The molecule has 0 fully saturated rings. The first-order chi connectivity index (χ1) is 10.1. The maximum atomic E-state index is 11.6. The number of methoxy groups -OCH3 is 1. The Morgan fingerprint density at radius 1 is 1.19 bits per heavy atom. The Morgan fingerprint density at radius 3 is 2.62 bits per heavy atom. The van der Waals surface area contributed by atoms with Gasteiger partial charge in [-0.2, -0.15) is 0 Å². The summed E-state index contributed by atoms with van der Waals surface area (Å²) in [7, 11) is 1.63. The molecule has 0 unspecified atom stereocenters. The molecule has 0 aliphatic carbocycles. The number of amides is 1. The van der Waals surface area contributed by atoms with Crippen molar-refractivity contribution in [3.63, 3.8) is 0 Å². The molecule has 5 heteroatoms. The number of anilines is 3. The number of hydrogen-bond acceptors (Lipinski definition) is 4. The molecule has 1 aromatic carbocycles. The van der Waals surface area contributed by atoms with Crippen molar-refractivity contribution in [1.29, 1.82) is 0 Å². The molecule has 0 aliphatic heterocycles. The van der Waals surface area contributed by atoms with Crippen molar-refractivity contribution in [2.45, 2.75) is 13.8 Å². The zero-order valence-electron chi connectivity index (χ0n) is 12.4. The van der Waals surface area contributed by atoms with Gasteiger partial charge in [-0.3, -0.25) is 4.79 Å². The van der Waals surface area contributed by atoms with Crippen LogP contribution in [0.25, 0.3) is 0 Å². The summed E-state index contributed by atoms with van der Waals surface area (Å²) in [6.45, 7) is 3.70. The van der Waals surface area contributed by atoms with Gasteiger partial charge in [0.1, 0.15) is 11.6 Å². The third-order valence-corrected chi connectivity index (χ3v) is 2.90. The van der Waals surface area contributed by atoms with Gasteiger partial charge in [0, 0.05) is 17.7 Å². The molecule has 2 N–H and O–H groups in total. The molecule has 0 saturated carbocycles. The van der Waals surface area contributed by atoms with E-state index in [1.165, 1.54) is 0 Å². The van der Waals surface area contributed by atoms with E-state index in [4.69, 9.17) is 4.74 Å². The Balaban J connectivity index is 2.03. The fourth-order valence-corrected chi connectivity index (χ4v) is 1.68. The Morgan fingerprint density at radius 2 is 2.00 bits per heavy atom. The van der Waals surface area contributed by atoms with Crippen LogP contribution in [0.4, 0.5) is 17.2 Å². The average Bonchev–Trinajstić information content (AvgIpc) is 2.49. The minimum atomic E-state index is -0.0559. The lowest BCUT2D eigenvalue weighted by atomic mass is 10.2. The molecule has 0 bridgehead atoms. The maximum absolute atomic E-state index is 11.6. The minimum Gasteiger partial charge on any atom is -0.497 e. The van der Waals surface area contributed by atoms with Crippen molar-refractivity contribution in [1.82, 2.24) is 4.98 Å². The van der Waals surface area contributed by atoms with Gasteiger partial charge in [-0.15, -0.1) is 0 Å². The topological polar surface area (TPSA) is 63.2 Å². The molecular weight excluding hydrogens is 266 g/mol. The predicted molar refractivity (Wildman–Crippen MR) is 84.0 cm³/mol. The van der Waals surface area contributed by atoms with Crippen LogP contribution in [0.1, 0.15) is 13.8 Å². The molecule has 0 spiro atoms. The van der Waals surface area contributed by atoms with Crippen molar-refractivity contribution >= 4 is 23.1 Å². The summed E-state index contributed by atoms with van der Waals surface area (Å²) >= 11 is 0. The van der Waals surface area contributed by atoms with Crippen LogP contribution in [-0.4, -0.2) is 18.0 Å². The van der Waals surface area contributed by atoms with E-state index in [1.54, 1.807) is 13.3 Å². The van der Waals surface area contributed by atoms with Crippen molar-refractivity contribution < 1.29 is 9.53 Å². The summed E-state index contributed by atoms with van der Waals surface area (Å²) < 4.78 is 5.17. The molecule has 21 heavy (non-hydrogen) atoms. The van der Waals surface area contributed by atoms with Gasteiger partial charge < -0.3 is 15.4 Å². The number of aromatic nitrogens is 1. The number of rotatable bonds is 5. The second kappa shape index (κ2) is 6.74. The van der Waals surface area contributed by atoms with Crippen LogP contribution < -0.4 is 15.4 Å². The smallest absolute Gasteiger partial charge is 0.226 e. The number of nitrogens with one attached hydrogen (secondary N) is 2. The van der Waals surface area contributed by atoms with E-state index < -0.39 is 0 Å². The highest BCUT2D eigenvalue weighted by molar-refractivity contribution is 5.91. The van der Waals surface area contributed by atoms with Gasteiger partial charge in [0.15, 0.2) is 0 Å². The summed E-state index contributed by atoms with van der Waals surface area (Å²) in [6, 6.07) is 11.2. The first-order valence-electron chi connectivity index (χ1n) is 6.76. The van der Waals surface area contributed by atoms with E-state index >= 15 is 0 Å². The number of carbonyl (C=O) groups excluding carboxylic acids is 1. The van der Waals surface area contributed by atoms with Gasteiger partial charge in [0.25, 0.3) is 0 Å². The first kappa shape index (κ1) is 14.8. The third-order valence-electron chi connectivity index (χ3n) is 2.90. The quantitative estimate of drug-likeness (QED) is 0.883. The third kappa shape index (κ3) is 4.21. The van der Waals surface area contributed by atoms with Gasteiger partial charge in [-0.05, 0) is 24.3 Å². The van der Waals surface area contributed by atoms with Crippen LogP contribution in [0.15, 0.2) is 42.6 Å². The Hall–Kier alpha value is -2.56. The molecule has 110 valence electrons. The predicted octanol–water partition coefficient (Wildman–Crippen LogP) is 3.43. The van der Waals surface area contributed by atoms with Gasteiger partial charge in [0.05, 0.1) is 19.0 Å². The van der Waals surface area contributed by atoms with E-state index in [1.807, 2.05) is 50.2 Å². The highest BCUT2D eigenvalue weighted by Crippen LogP contribution is 2.20. The van der Waals surface area contributed by atoms with Crippen molar-refractivity contribution in [2.24, 2.45) is 5.92 Å². The molecule has 1 aromatic heterocycles. The normalized spacial score (nSPS) is 10.3. The van der Waals surface area contributed by atoms with Crippen molar-refractivity contribution in [3.8, 4) is 5.75 Å². The van der Waals surface area contributed by atoms with E-state index in [0.29, 0.717) is 11.5 Å². The van der Waals surface area contributed by atoms with Crippen molar-refractivity contribution in [3.05, 3.63) is 42.6 Å². The van der Waals surface area contributed by atoms with Crippen LogP contribution in [0.5, 0.6) is 5.75 Å². The lowest BCUT2D eigenvalue weighted by Gasteiger charge is -2.09. The fraction of sp³-hybridized carbons (Fsp3) is 0.250. The molecule has 0 atom stereocenters. The molecule has 2 aromatic rings. The number of pyridine rings is 1. The fourth-order valence-electron chi connectivity index (χ4n) is 1.68. The van der Waals surface area contributed by atoms with Crippen LogP contribution in [0.2, 0.25) is 0 Å². The van der Waals surface area contributed by atoms with E-state index in [2.05, 4.69) is 15.6 Å². The van der Waals surface area contributed by atoms with Gasteiger partial charge in [-0.1, -0.05) is 19.9 Å². The molecule has 0 saturated heterocycles. The molecule has 2 rings (SSSR count). The van der Waals surface area contributed by atoms with Crippen LogP contribution in [-0.2, 0) is 4.79 Å². The van der Waals surface area contributed by atoms with Crippen LogP contribution in [0, 0.1) is 5.92 Å². The van der Waals surface area contributed by atoms with E-state index in [0.717, 1.165) is 11.4 Å².